The van der Waals surface area contributed by atoms with Crippen molar-refractivity contribution in [3.63, 3.8) is 0 Å². The predicted molar refractivity (Wildman–Crippen MR) is 77.5 cm³/mol. The molecule has 0 unspecified atom stereocenters. The maximum atomic E-state index is 12.1. The molecule has 0 radical (unpaired) electrons. The fourth-order valence-electron chi connectivity index (χ4n) is 2.62. The van der Waals surface area contributed by atoms with E-state index in [9.17, 15) is 4.79 Å². The Hall–Kier alpha value is -1.75. The van der Waals surface area contributed by atoms with Crippen molar-refractivity contribution in [2.75, 3.05) is 38.5 Å². The molecule has 0 spiro atoms. The van der Waals surface area contributed by atoms with Gasteiger partial charge in [-0.3, -0.25) is 9.69 Å². The number of nitrogens with zero attached hydrogens (tertiary/aromatic N) is 2. The lowest BCUT2D eigenvalue weighted by Gasteiger charge is -2.34. The molecule has 2 aliphatic rings. The van der Waals surface area contributed by atoms with Gasteiger partial charge >= 0.3 is 0 Å². The minimum atomic E-state index is 0.0582. The van der Waals surface area contributed by atoms with Crippen LogP contribution in [0.5, 0.6) is 5.75 Å². The van der Waals surface area contributed by atoms with Crippen LogP contribution in [0.15, 0.2) is 24.3 Å². The van der Waals surface area contributed by atoms with Crippen molar-refractivity contribution in [1.82, 2.24) is 9.80 Å². The van der Waals surface area contributed by atoms with Gasteiger partial charge in [0, 0.05) is 44.0 Å². The van der Waals surface area contributed by atoms with E-state index in [0.29, 0.717) is 11.4 Å². The van der Waals surface area contributed by atoms with Gasteiger partial charge in [0.15, 0.2) is 6.61 Å². The van der Waals surface area contributed by atoms with Gasteiger partial charge in [0.2, 0.25) is 0 Å². The van der Waals surface area contributed by atoms with E-state index in [-0.39, 0.29) is 12.5 Å². The summed E-state index contributed by atoms with van der Waals surface area (Å²) >= 11 is 0. The Morgan fingerprint density at radius 2 is 2.00 bits per heavy atom. The molecule has 3 rings (SSSR count). The van der Waals surface area contributed by atoms with Crippen molar-refractivity contribution in [3.05, 3.63) is 24.3 Å². The number of piperazine rings is 1. The summed E-state index contributed by atoms with van der Waals surface area (Å²) in [5, 5.41) is 0. The van der Waals surface area contributed by atoms with Crippen molar-refractivity contribution < 1.29 is 9.53 Å². The van der Waals surface area contributed by atoms with Crippen LogP contribution in [0.25, 0.3) is 0 Å². The molecule has 0 bridgehead atoms. The number of anilines is 1. The number of nitrogens with two attached hydrogens (primary N) is 1. The molecule has 20 heavy (non-hydrogen) atoms. The fourth-order valence-corrected chi connectivity index (χ4v) is 2.62. The van der Waals surface area contributed by atoms with Crippen LogP contribution in [0.4, 0.5) is 5.69 Å². The summed E-state index contributed by atoms with van der Waals surface area (Å²) in [6, 6.07) is 7.96. The highest BCUT2D eigenvalue weighted by Gasteiger charge is 2.32. The van der Waals surface area contributed by atoms with Crippen LogP contribution in [0, 0.1) is 0 Å². The minimum Gasteiger partial charge on any atom is -0.484 e. The van der Waals surface area contributed by atoms with Crippen LogP contribution in [-0.2, 0) is 4.79 Å². The van der Waals surface area contributed by atoms with Gasteiger partial charge in [0.05, 0.1) is 0 Å². The van der Waals surface area contributed by atoms with Crippen LogP contribution < -0.4 is 10.5 Å². The standard InChI is InChI=1S/C15H21N3O2/c16-12-2-1-3-14(10-12)20-11-15(19)18-8-6-17(7-9-18)13-4-5-13/h1-3,10,13H,4-9,11,16H2. The number of nitrogen functional groups attached to an aromatic ring is 1. The first-order valence-corrected chi connectivity index (χ1v) is 7.22. The monoisotopic (exact) mass is 275 g/mol. The summed E-state index contributed by atoms with van der Waals surface area (Å²) in [5.41, 5.74) is 6.32. The van der Waals surface area contributed by atoms with Crippen molar-refractivity contribution >= 4 is 11.6 Å². The molecule has 1 aromatic rings. The Labute approximate surface area is 119 Å². The Bertz CT molecular complexity index is 480. The molecule has 0 atom stereocenters. The molecule has 1 amide bonds. The highest BCUT2D eigenvalue weighted by atomic mass is 16.5. The van der Waals surface area contributed by atoms with E-state index in [2.05, 4.69) is 4.90 Å². The lowest BCUT2D eigenvalue weighted by molar-refractivity contribution is -0.135. The van der Waals surface area contributed by atoms with Gasteiger partial charge in [-0.25, -0.2) is 0 Å². The quantitative estimate of drug-likeness (QED) is 0.831. The maximum absolute atomic E-state index is 12.1. The predicted octanol–water partition coefficient (Wildman–Crippen LogP) is 0.954. The summed E-state index contributed by atoms with van der Waals surface area (Å²) in [6.45, 7) is 3.71. The number of amides is 1. The molecule has 1 saturated heterocycles. The van der Waals surface area contributed by atoms with Gasteiger partial charge in [0.25, 0.3) is 5.91 Å². The highest BCUT2D eigenvalue weighted by Crippen LogP contribution is 2.27. The number of rotatable bonds is 4. The number of ether oxygens (including phenoxy) is 1. The van der Waals surface area contributed by atoms with E-state index in [1.807, 2.05) is 17.0 Å². The number of hydrogen-bond donors (Lipinski definition) is 1. The topological polar surface area (TPSA) is 58.8 Å². The van der Waals surface area contributed by atoms with E-state index in [1.54, 1.807) is 12.1 Å². The van der Waals surface area contributed by atoms with Gasteiger partial charge in [-0.15, -0.1) is 0 Å². The molecule has 0 aromatic heterocycles. The summed E-state index contributed by atoms with van der Waals surface area (Å²) in [7, 11) is 0. The third-order valence-corrected chi connectivity index (χ3v) is 3.95. The smallest absolute Gasteiger partial charge is 0.260 e. The van der Waals surface area contributed by atoms with E-state index in [1.165, 1.54) is 12.8 Å². The number of carbonyl (C=O) groups is 1. The minimum absolute atomic E-state index is 0.0582. The summed E-state index contributed by atoms with van der Waals surface area (Å²) in [6.07, 6.45) is 2.65. The highest BCUT2D eigenvalue weighted by molar-refractivity contribution is 5.78. The van der Waals surface area contributed by atoms with Crippen LogP contribution in [0.2, 0.25) is 0 Å². The molecule has 1 heterocycles. The molecule has 1 saturated carbocycles. The Morgan fingerprint density at radius 3 is 2.65 bits per heavy atom. The largest absolute Gasteiger partial charge is 0.484 e. The SMILES string of the molecule is Nc1cccc(OCC(=O)N2CCN(C3CC3)CC2)c1. The van der Waals surface area contributed by atoms with Gasteiger partial charge in [0.1, 0.15) is 5.75 Å². The normalized spacial score (nSPS) is 19.9. The second-order valence-corrected chi connectivity index (χ2v) is 5.51. The molecule has 1 aliphatic carbocycles. The van der Waals surface area contributed by atoms with Gasteiger partial charge in [-0.1, -0.05) is 6.07 Å². The van der Waals surface area contributed by atoms with Crippen LogP contribution >= 0.6 is 0 Å². The Kier molecular flexibility index (Phi) is 3.78. The van der Waals surface area contributed by atoms with Crippen molar-refractivity contribution in [2.24, 2.45) is 0 Å². The fraction of sp³-hybridized carbons (Fsp3) is 0.533. The zero-order chi connectivity index (χ0) is 13.9. The Morgan fingerprint density at radius 1 is 1.25 bits per heavy atom. The first-order chi connectivity index (χ1) is 9.72. The van der Waals surface area contributed by atoms with Crippen LogP contribution in [0.1, 0.15) is 12.8 Å². The second-order valence-electron chi connectivity index (χ2n) is 5.51. The zero-order valence-electron chi connectivity index (χ0n) is 11.6. The molecule has 108 valence electrons. The summed E-state index contributed by atoms with van der Waals surface area (Å²) in [5.74, 6) is 0.706. The third-order valence-electron chi connectivity index (χ3n) is 3.95. The Balaban J connectivity index is 1.45. The molecule has 1 aliphatic heterocycles. The first-order valence-electron chi connectivity index (χ1n) is 7.22. The van der Waals surface area contributed by atoms with E-state index < -0.39 is 0 Å². The molecule has 5 heteroatoms. The van der Waals surface area contributed by atoms with Gasteiger partial charge in [-0.2, -0.15) is 0 Å². The van der Waals surface area contributed by atoms with Crippen LogP contribution in [0.3, 0.4) is 0 Å². The number of hydrogen-bond acceptors (Lipinski definition) is 4. The average molecular weight is 275 g/mol. The molecule has 1 aromatic carbocycles. The molecular weight excluding hydrogens is 254 g/mol. The van der Waals surface area contributed by atoms with E-state index >= 15 is 0 Å². The maximum Gasteiger partial charge on any atom is 0.260 e. The molecule has 2 N–H and O–H groups in total. The average Bonchev–Trinajstić information content (AvgIpc) is 3.30. The van der Waals surface area contributed by atoms with Crippen molar-refractivity contribution in [3.8, 4) is 5.75 Å². The van der Waals surface area contributed by atoms with E-state index in [0.717, 1.165) is 32.2 Å². The lowest BCUT2D eigenvalue weighted by atomic mass is 10.3. The molecule has 5 nitrogen and oxygen atoms in total. The zero-order valence-corrected chi connectivity index (χ0v) is 11.6. The summed E-state index contributed by atoms with van der Waals surface area (Å²) in [4.78, 5) is 16.5. The lowest BCUT2D eigenvalue weighted by Crippen LogP contribution is -2.50. The van der Waals surface area contributed by atoms with E-state index in [4.69, 9.17) is 10.5 Å². The third kappa shape index (κ3) is 3.22. The van der Waals surface area contributed by atoms with Gasteiger partial charge < -0.3 is 15.4 Å². The van der Waals surface area contributed by atoms with Crippen LogP contribution in [-0.4, -0.2) is 54.5 Å². The van der Waals surface area contributed by atoms with Crippen molar-refractivity contribution in [1.29, 1.82) is 0 Å². The summed E-state index contributed by atoms with van der Waals surface area (Å²) < 4.78 is 5.50. The van der Waals surface area contributed by atoms with Gasteiger partial charge in [-0.05, 0) is 25.0 Å². The molecular formula is C15H21N3O2. The first kappa shape index (κ1) is 13.2. The second kappa shape index (κ2) is 5.71. The number of benzene rings is 1. The van der Waals surface area contributed by atoms with Crippen molar-refractivity contribution in [2.45, 2.75) is 18.9 Å². The number of carbonyl (C=O) groups excluding carboxylic acids is 1. The molecule has 2 fully saturated rings.